The molecule has 0 saturated carbocycles. The lowest BCUT2D eigenvalue weighted by atomic mass is 10.2. The van der Waals surface area contributed by atoms with Gasteiger partial charge in [-0.1, -0.05) is 0 Å². The Hall–Kier alpha value is -2.29. The first kappa shape index (κ1) is 18.8. The van der Waals surface area contributed by atoms with Gasteiger partial charge < -0.3 is 20.1 Å². The molecule has 2 N–H and O–H groups in total. The first-order chi connectivity index (χ1) is 10.6. The number of anilines is 2. The molecule has 1 aromatic rings. The number of methoxy groups -OCH3 is 1. The van der Waals surface area contributed by atoms with Crippen molar-refractivity contribution in [2.24, 2.45) is 0 Å². The van der Waals surface area contributed by atoms with Crippen molar-refractivity contribution in [2.45, 2.75) is 26.1 Å². The first-order valence-corrected chi connectivity index (χ1v) is 6.57. The summed E-state index contributed by atoms with van der Waals surface area (Å²) in [7, 11) is 1.37. The Labute approximate surface area is 130 Å². The van der Waals surface area contributed by atoms with E-state index in [4.69, 9.17) is 4.74 Å². The van der Waals surface area contributed by atoms with E-state index in [1.54, 1.807) is 6.07 Å². The molecule has 0 aromatic heterocycles. The van der Waals surface area contributed by atoms with Crippen molar-refractivity contribution >= 4 is 23.2 Å². The average Bonchev–Trinajstić information content (AvgIpc) is 2.43. The summed E-state index contributed by atoms with van der Waals surface area (Å²) in [6.45, 7) is 0.991. The van der Waals surface area contributed by atoms with Crippen molar-refractivity contribution in [1.82, 2.24) is 0 Å². The number of ether oxygens (including phenoxy) is 2. The van der Waals surface area contributed by atoms with Crippen LogP contribution in [0.25, 0.3) is 0 Å². The van der Waals surface area contributed by atoms with Crippen molar-refractivity contribution in [3.63, 3.8) is 0 Å². The fourth-order valence-electron chi connectivity index (χ4n) is 1.62. The molecular weight excluding hydrogens is 317 g/mol. The summed E-state index contributed by atoms with van der Waals surface area (Å²) in [6, 6.07) is 4.48. The van der Waals surface area contributed by atoms with Gasteiger partial charge >= 0.3 is 6.18 Å². The minimum atomic E-state index is -4.52. The van der Waals surface area contributed by atoms with Crippen LogP contribution in [0.1, 0.15) is 13.8 Å². The van der Waals surface area contributed by atoms with Crippen LogP contribution in [0.3, 0.4) is 0 Å². The van der Waals surface area contributed by atoms with Gasteiger partial charge in [-0.15, -0.1) is 0 Å². The summed E-state index contributed by atoms with van der Waals surface area (Å²) in [5.74, 6) is -0.794. The Morgan fingerprint density at radius 2 is 1.91 bits per heavy atom. The standard InChI is InChI=1S/C14H17F3N2O4/c1-8(23-7-14(15,16)17)13(21)19-11-6-10(18-9(2)20)4-5-12(11)22-3/h4-6,8H,7H2,1-3H3,(H,18,20)(H,19,21)/t8-/m1/s1. The number of rotatable bonds is 6. The molecule has 9 heteroatoms. The third-order valence-electron chi connectivity index (χ3n) is 2.64. The lowest BCUT2D eigenvalue weighted by Gasteiger charge is -2.16. The summed E-state index contributed by atoms with van der Waals surface area (Å²) < 4.78 is 45.8. The van der Waals surface area contributed by atoms with Crippen molar-refractivity contribution in [3.05, 3.63) is 18.2 Å². The third kappa shape index (κ3) is 6.55. The molecule has 1 aromatic carbocycles. The molecule has 1 atom stereocenters. The van der Waals surface area contributed by atoms with Gasteiger partial charge in [-0.25, -0.2) is 0 Å². The number of nitrogens with one attached hydrogen (secondary N) is 2. The topological polar surface area (TPSA) is 76.7 Å². The average molecular weight is 334 g/mol. The van der Waals surface area contributed by atoms with E-state index in [0.717, 1.165) is 0 Å². The van der Waals surface area contributed by atoms with E-state index >= 15 is 0 Å². The van der Waals surface area contributed by atoms with E-state index in [9.17, 15) is 22.8 Å². The fourth-order valence-corrected chi connectivity index (χ4v) is 1.62. The first-order valence-electron chi connectivity index (χ1n) is 6.57. The van der Waals surface area contributed by atoms with Crippen LogP contribution in [0.15, 0.2) is 18.2 Å². The minimum Gasteiger partial charge on any atom is -0.495 e. The van der Waals surface area contributed by atoms with E-state index in [1.807, 2.05) is 0 Å². The van der Waals surface area contributed by atoms with Gasteiger partial charge in [0.15, 0.2) is 0 Å². The number of carbonyl (C=O) groups excluding carboxylic acids is 2. The van der Waals surface area contributed by atoms with Gasteiger partial charge in [-0.3, -0.25) is 9.59 Å². The van der Waals surface area contributed by atoms with E-state index in [-0.39, 0.29) is 17.3 Å². The largest absolute Gasteiger partial charge is 0.495 e. The molecule has 128 valence electrons. The molecule has 0 saturated heterocycles. The van der Waals surface area contributed by atoms with Crippen molar-refractivity contribution in [3.8, 4) is 5.75 Å². The number of benzene rings is 1. The molecule has 0 aliphatic heterocycles. The molecule has 0 aliphatic rings. The maximum Gasteiger partial charge on any atom is 0.411 e. The smallest absolute Gasteiger partial charge is 0.411 e. The molecule has 0 heterocycles. The van der Waals surface area contributed by atoms with Crippen LogP contribution in [-0.4, -0.2) is 37.8 Å². The van der Waals surface area contributed by atoms with Crippen LogP contribution in [0.5, 0.6) is 5.75 Å². The van der Waals surface area contributed by atoms with Gasteiger partial charge in [-0.05, 0) is 25.1 Å². The second-order valence-electron chi connectivity index (χ2n) is 4.65. The monoisotopic (exact) mass is 334 g/mol. The van der Waals surface area contributed by atoms with Crippen LogP contribution in [0.4, 0.5) is 24.5 Å². The quantitative estimate of drug-likeness (QED) is 0.838. The Morgan fingerprint density at radius 1 is 1.26 bits per heavy atom. The predicted molar refractivity (Wildman–Crippen MR) is 77.4 cm³/mol. The number of hydrogen-bond donors (Lipinski definition) is 2. The molecular formula is C14H17F3N2O4. The van der Waals surface area contributed by atoms with Crippen molar-refractivity contribution < 1.29 is 32.2 Å². The van der Waals surface area contributed by atoms with Crippen molar-refractivity contribution in [1.29, 1.82) is 0 Å². The molecule has 2 amide bonds. The SMILES string of the molecule is COc1ccc(NC(C)=O)cc1NC(=O)[C@@H](C)OCC(F)(F)F. The third-order valence-corrected chi connectivity index (χ3v) is 2.64. The highest BCUT2D eigenvalue weighted by atomic mass is 19.4. The van der Waals surface area contributed by atoms with Gasteiger partial charge in [0.1, 0.15) is 18.5 Å². The summed E-state index contributed by atoms with van der Waals surface area (Å²) in [5, 5.41) is 4.92. The molecule has 0 radical (unpaired) electrons. The molecule has 0 spiro atoms. The maximum atomic E-state index is 12.1. The normalized spacial score (nSPS) is 12.4. The second-order valence-corrected chi connectivity index (χ2v) is 4.65. The van der Waals surface area contributed by atoms with Crippen LogP contribution < -0.4 is 15.4 Å². The second kappa shape index (κ2) is 7.82. The number of alkyl halides is 3. The Kier molecular flexibility index (Phi) is 6.38. The van der Waals surface area contributed by atoms with Gasteiger partial charge in [0.25, 0.3) is 5.91 Å². The maximum absolute atomic E-state index is 12.1. The molecule has 0 bridgehead atoms. The van der Waals surface area contributed by atoms with Crippen LogP contribution in [-0.2, 0) is 14.3 Å². The molecule has 0 fully saturated rings. The minimum absolute atomic E-state index is 0.200. The lowest BCUT2D eigenvalue weighted by molar-refractivity contribution is -0.184. The zero-order valence-corrected chi connectivity index (χ0v) is 12.8. The summed E-state index contributed by atoms with van der Waals surface area (Å²) >= 11 is 0. The van der Waals surface area contributed by atoms with Gasteiger partial charge in [-0.2, -0.15) is 13.2 Å². The van der Waals surface area contributed by atoms with E-state index in [1.165, 1.54) is 33.1 Å². The van der Waals surface area contributed by atoms with Crippen LogP contribution in [0, 0.1) is 0 Å². The van der Waals surface area contributed by atoms with Crippen LogP contribution in [0.2, 0.25) is 0 Å². The Bertz CT molecular complexity index is 576. The highest BCUT2D eigenvalue weighted by molar-refractivity contribution is 5.97. The van der Waals surface area contributed by atoms with Gasteiger partial charge in [0, 0.05) is 12.6 Å². The number of hydrogen-bond acceptors (Lipinski definition) is 4. The molecule has 0 aliphatic carbocycles. The summed E-state index contributed by atoms with van der Waals surface area (Å²) in [4.78, 5) is 22.9. The van der Waals surface area contributed by atoms with E-state index in [2.05, 4.69) is 15.4 Å². The highest BCUT2D eigenvalue weighted by Crippen LogP contribution is 2.28. The van der Waals surface area contributed by atoms with E-state index in [0.29, 0.717) is 5.69 Å². The zero-order valence-electron chi connectivity index (χ0n) is 12.8. The molecule has 0 unspecified atom stereocenters. The van der Waals surface area contributed by atoms with Crippen LogP contribution >= 0.6 is 0 Å². The Balaban J connectivity index is 2.80. The predicted octanol–water partition coefficient (Wildman–Crippen LogP) is 2.56. The number of carbonyl (C=O) groups is 2. The molecule has 23 heavy (non-hydrogen) atoms. The van der Waals surface area contributed by atoms with Gasteiger partial charge in [0.05, 0.1) is 12.8 Å². The molecule has 1 rings (SSSR count). The van der Waals surface area contributed by atoms with Crippen molar-refractivity contribution in [2.75, 3.05) is 24.4 Å². The van der Waals surface area contributed by atoms with Gasteiger partial charge in [0.2, 0.25) is 5.91 Å². The fraction of sp³-hybridized carbons (Fsp3) is 0.429. The zero-order chi connectivity index (χ0) is 17.6. The number of amides is 2. The molecule has 6 nitrogen and oxygen atoms in total. The number of halogens is 3. The summed E-state index contributed by atoms with van der Waals surface area (Å²) in [5.41, 5.74) is 0.601. The summed E-state index contributed by atoms with van der Waals surface area (Å²) in [6.07, 6.45) is -5.83. The van der Waals surface area contributed by atoms with E-state index < -0.39 is 24.8 Å². The highest BCUT2D eigenvalue weighted by Gasteiger charge is 2.30. The lowest BCUT2D eigenvalue weighted by Crippen LogP contribution is -2.31. The Morgan fingerprint density at radius 3 is 2.43 bits per heavy atom.